The van der Waals surface area contributed by atoms with Crippen molar-refractivity contribution in [3.63, 3.8) is 0 Å². The zero-order chi connectivity index (χ0) is 27.4. The number of fused-ring (bicyclic) bond motifs is 1. The van der Waals surface area contributed by atoms with Crippen molar-refractivity contribution in [3.05, 3.63) is 46.1 Å². The molecular weight excluding hydrogens is 521 g/mol. The summed E-state index contributed by atoms with van der Waals surface area (Å²) in [6, 6.07) is 7.22. The Morgan fingerprint density at radius 3 is 2.45 bits per heavy atom. The topological polar surface area (TPSA) is 90.4 Å². The number of hydrogen-bond acceptors (Lipinski definition) is 6. The molecule has 0 bridgehead atoms. The van der Waals surface area contributed by atoms with E-state index in [1.54, 1.807) is 18.3 Å². The first kappa shape index (κ1) is 28.4. The molecule has 3 aromatic rings. The van der Waals surface area contributed by atoms with E-state index in [9.17, 15) is 9.90 Å². The molecule has 0 aliphatic heterocycles. The Kier molecular flexibility index (Phi) is 9.34. The van der Waals surface area contributed by atoms with E-state index in [1.807, 2.05) is 12.1 Å². The molecule has 0 saturated heterocycles. The van der Waals surface area contributed by atoms with E-state index in [-0.39, 0.29) is 27.7 Å². The van der Waals surface area contributed by atoms with Crippen LogP contribution in [0.2, 0.25) is 10.0 Å². The summed E-state index contributed by atoms with van der Waals surface area (Å²) in [4.78, 5) is 25.0. The molecule has 0 spiro atoms. The number of pyridine rings is 2. The summed E-state index contributed by atoms with van der Waals surface area (Å²) in [6.45, 7) is 5.96. The lowest BCUT2D eigenvalue weighted by Gasteiger charge is -2.31. The summed E-state index contributed by atoms with van der Waals surface area (Å²) in [6.07, 6.45) is 6.87. The van der Waals surface area contributed by atoms with Crippen molar-refractivity contribution >= 4 is 45.8 Å². The van der Waals surface area contributed by atoms with Crippen LogP contribution in [0.1, 0.15) is 56.3 Å². The number of nitrogens with zero attached hydrogens (tertiary/aromatic N) is 3. The van der Waals surface area contributed by atoms with E-state index >= 15 is 0 Å². The predicted octanol–water partition coefficient (Wildman–Crippen LogP) is 6.62. The number of aromatic hydroxyl groups is 1. The molecule has 1 aliphatic rings. The van der Waals surface area contributed by atoms with Gasteiger partial charge in [0.1, 0.15) is 5.52 Å². The molecule has 2 aromatic heterocycles. The third-order valence-electron chi connectivity index (χ3n) is 7.10. The third-order valence-corrected chi connectivity index (χ3v) is 7.67. The number of benzene rings is 1. The fourth-order valence-corrected chi connectivity index (χ4v) is 5.53. The molecule has 0 atom stereocenters. The highest BCUT2D eigenvalue weighted by Gasteiger charge is 2.25. The van der Waals surface area contributed by atoms with E-state index in [0.717, 1.165) is 38.6 Å². The van der Waals surface area contributed by atoms with Crippen LogP contribution < -0.4 is 10.6 Å². The third kappa shape index (κ3) is 6.87. The maximum Gasteiger partial charge on any atom is 0.255 e. The number of phenolic OH excluding ortho intramolecular Hbond substituents is 1. The SMILES string of the molecule is CC(C)CCNC(=O)c1cnc2ccc(-c3cc(Cl)c(O)c(Cl)c3)nc2c1NC1CCC(CN(C)C)CC1. The van der Waals surface area contributed by atoms with Crippen molar-refractivity contribution < 1.29 is 9.90 Å². The van der Waals surface area contributed by atoms with E-state index < -0.39 is 0 Å². The van der Waals surface area contributed by atoms with Crippen LogP contribution in [0.3, 0.4) is 0 Å². The number of carbonyl (C=O) groups excluding carboxylic acids is 1. The maximum atomic E-state index is 13.3. The van der Waals surface area contributed by atoms with Gasteiger partial charge in [0.15, 0.2) is 5.75 Å². The maximum absolute atomic E-state index is 13.3. The van der Waals surface area contributed by atoms with Crippen molar-refractivity contribution in [2.75, 3.05) is 32.5 Å². The van der Waals surface area contributed by atoms with E-state index in [4.69, 9.17) is 28.2 Å². The lowest BCUT2D eigenvalue weighted by Crippen LogP contribution is -2.32. The van der Waals surface area contributed by atoms with E-state index in [1.165, 1.54) is 0 Å². The molecule has 2 heterocycles. The minimum Gasteiger partial charge on any atom is -0.505 e. The van der Waals surface area contributed by atoms with Gasteiger partial charge in [0.2, 0.25) is 0 Å². The average molecular weight is 559 g/mol. The van der Waals surface area contributed by atoms with Gasteiger partial charge in [0, 0.05) is 30.9 Å². The summed E-state index contributed by atoms with van der Waals surface area (Å²) in [5.74, 6) is 0.858. The number of rotatable bonds is 9. The molecule has 1 amide bonds. The molecular formula is C29H37Cl2N5O2. The number of phenols is 1. The molecule has 3 N–H and O–H groups in total. The first-order valence-electron chi connectivity index (χ1n) is 13.3. The molecule has 1 saturated carbocycles. The van der Waals surface area contributed by atoms with Gasteiger partial charge in [-0.2, -0.15) is 0 Å². The van der Waals surface area contributed by atoms with Crippen molar-refractivity contribution in [1.29, 1.82) is 0 Å². The van der Waals surface area contributed by atoms with Crippen molar-refractivity contribution in [2.45, 2.75) is 52.0 Å². The number of carbonyl (C=O) groups is 1. The standard InChI is InChI=1S/C29H37Cl2N5O2/c1-17(2)11-12-32-29(38)21-15-33-25-10-9-24(19-13-22(30)28(37)23(31)14-19)35-27(25)26(21)34-20-7-5-18(6-8-20)16-36(3)4/h9-10,13-15,17-18,20,37H,5-8,11-12,16H2,1-4H3,(H,32,38)(H,33,34). The number of aromatic nitrogens is 2. The van der Waals surface area contributed by atoms with Crippen LogP contribution in [-0.2, 0) is 0 Å². The number of nitrogens with one attached hydrogen (secondary N) is 2. The second-order valence-corrected chi connectivity index (χ2v) is 11.8. The van der Waals surface area contributed by atoms with Gasteiger partial charge in [0.05, 0.1) is 32.5 Å². The molecule has 38 heavy (non-hydrogen) atoms. The van der Waals surface area contributed by atoms with Gasteiger partial charge in [-0.05, 0) is 82.3 Å². The van der Waals surface area contributed by atoms with Gasteiger partial charge in [-0.3, -0.25) is 9.78 Å². The Labute approximate surface area is 234 Å². The smallest absolute Gasteiger partial charge is 0.255 e. The lowest BCUT2D eigenvalue weighted by atomic mass is 9.85. The molecule has 204 valence electrons. The number of anilines is 1. The summed E-state index contributed by atoms with van der Waals surface area (Å²) < 4.78 is 0. The average Bonchev–Trinajstić information content (AvgIpc) is 2.87. The van der Waals surface area contributed by atoms with Gasteiger partial charge in [0.25, 0.3) is 5.91 Å². The van der Waals surface area contributed by atoms with Crippen molar-refractivity contribution in [1.82, 2.24) is 20.2 Å². The van der Waals surface area contributed by atoms with E-state index in [0.29, 0.717) is 51.9 Å². The fourth-order valence-electron chi connectivity index (χ4n) is 5.04. The second-order valence-electron chi connectivity index (χ2n) is 11.0. The second kappa shape index (κ2) is 12.5. The Bertz CT molecular complexity index is 1270. The van der Waals surface area contributed by atoms with Gasteiger partial charge < -0.3 is 20.6 Å². The highest BCUT2D eigenvalue weighted by molar-refractivity contribution is 6.37. The van der Waals surface area contributed by atoms with Crippen LogP contribution in [0.4, 0.5) is 5.69 Å². The summed E-state index contributed by atoms with van der Waals surface area (Å²) in [5.41, 5.74) is 3.79. The van der Waals surface area contributed by atoms with Crippen LogP contribution in [0.5, 0.6) is 5.75 Å². The van der Waals surface area contributed by atoms with Gasteiger partial charge >= 0.3 is 0 Å². The predicted molar refractivity (Wildman–Crippen MR) is 156 cm³/mol. The molecule has 7 nitrogen and oxygen atoms in total. The molecule has 1 aliphatic carbocycles. The minimum atomic E-state index is -0.160. The zero-order valence-corrected chi connectivity index (χ0v) is 24.0. The lowest BCUT2D eigenvalue weighted by molar-refractivity contribution is 0.0952. The van der Waals surface area contributed by atoms with Crippen LogP contribution >= 0.6 is 23.2 Å². The molecule has 4 rings (SSSR count). The summed E-state index contributed by atoms with van der Waals surface area (Å²) in [7, 11) is 4.24. The molecule has 9 heteroatoms. The molecule has 0 unspecified atom stereocenters. The van der Waals surface area contributed by atoms with Gasteiger partial charge in [-0.25, -0.2) is 4.98 Å². The largest absolute Gasteiger partial charge is 0.505 e. The Balaban J connectivity index is 1.70. The Hall–Kier alpha value is -2.61. The van der Waals surface area contributed by atoms with Crippen LogP contribution in [0, 0.1) is 11.8 Å². The highest BCUT2D eigenvalue weighted by atomic mass is 35.5. The van der Waals surface area contributed by atoms with Crippen molar-refractivity contribution in [3.8, 4) is 17.0 Å². The normalized spacial score (nSPS) is 17.8. The highest BCUT2D eigenvalue weighted by Crippen LogP contribution is 2.37. The quantitative estimate of drug-likeness (QED) is 0.274. The van der Waals surface area contributed by atoms with Gasteiger partial charge in [-0.15, -0.1) is 0 Å². The Morgan fingerprint density at radius 2 is 1.82 bits per heavy atom. The minimum absolute atomic E-state index is 0.152. The number of halogens is 2. The molecule has 1 aromatic carbocycles. The first-order valence-corrected chi connectivity index (χ1v) is 14.1. The van der Waals surface area contributed by atoms with E-state index in [2.05, 4.69) is 48.5 Å². The summed E-state index contributed by atoms with van der Waals surface area (Å²) in [5, 5.41) is 17.0. The molecule has 1 fully saturated rings. The van der Waals surface area contributed by atoms with Gasteiger partial charge in [-0.1, -0.05) is 37.0 Å². The van der Waals surface area contributed by atoms with Crippen LogP contribution in [-0.4, -0.2) is 59.1 Å². The first-order chi connectivity index (χ1) is 18.1. The zero-order valence-electron chi connectivity index (χ0n) is 22.5. The summed E-state index contributed by atoms with van der Waals surface area (Å²) >= 11 is 12.4. The molecule has 0 radical (unpaired) electrons. The number of amides is 1. The van der Waals surface area contributed by atoms with Crippen LogP contribution in [0.25, 0.3) is 22.3 Å². The Morgan fingerprint density at radius 1 is 1.13 bits per heavy atom. The monoisotopic (exact) mass is 557 g/mol. The van der Waals surface area contributed by atoms with Crippen molar-refractivity contribution in [2.24, 2.45) is 11.8 Å². The fraction of sp³-hybridized carbons (Fsp3) is 0.483. The number of hydrogen-bond donors (Lipinski definition) is 3. The van der Waals surface area contributed by atoms with Crippen LogP contribution in [0.15, 0.2) is 30.5 Å².